The molecule has 0 unspecified atom stereocenters. The van der Waals surface area contributed by atoms with Crippen LogP contribution in [0.15, 0.2) is 90.1 Å². The van der Waals surface area contributed by atoms with Gasteiger partial charge in [0, 0.05) is 18.3 Å². The molecule has 3 heterocycles. The maximum absolute atomic E-state index is 12.7. The highest BCUT2D eigenvalue weighted by molar-refractivity contribution is 5.57. The minimum absolute atomic E-state index is 0.0302. The lowest BCUT2D eigenvalue weighted by molar-refractivity contribution is -0.154. The number of alkyl halides is 3. The second kappa shape index (κ2) is 9.17. The standard InChI is InChI=1S/C25H19F3N6O2/c1-17-15-19(34-23(10-13-30-34)36-16-25(26,27)28)7-8-20(17)32-14-11-22(35)24(31-32)21-9-12-29-33(21)18-5-3-2-4-6-18/h2-15H,16H2,1H3. The maximum atomic E-state index is 12.7. The van der Waals surface area contributed by atoms with Gasteiger partial charge < -0.3 is 4.74 Å². The molecule has 0 bridgehead atoms. The molecule has 0 saturated heterocycles. The Hall–Kier alpha value is -4.67. The Balaban J connectivity index is 1.49. The molecule has 0 aliphatic carbocycles. The first-order chi connectivity index (χ1) is 17.3. The van der Waals surface area contributed by atoms with Crippen LogP contribution < -0.4 is 10.2 Å². The summed E-state index contributed by atoms with van der Waals surface area (Å²) in [5, 5.41) is 13.0. The predicted octanol–water partition coefficient (Wildman–Crippen LogP) is 4.52. The lowest BCUT2D eigenvalue weighted by Gasteiger charge is -2.14. The van der Waals surface area contributed by atoms with E-state index in [0.717, 1.165) is 11.3 Å². The molecule has 0 N–H and O–H groups in total. The fraction of sp³-hybridized carbons (Fsp3) is 0.120. The van der Waals surface area contributed by atoms with Gasteiger partial charge in [0.25, 0.3) is 0 Å². The van der Waals surface area contributed by atoms with Gasteiger partial charge in [-0.3, -0.25) is 4.79 Å². The molecule has 36 heavy (non-hydrogen) atoms. The Labute approximate surface area is 202 Å². The summed E-state index contributed by atoms with van der Waals surface area (Å²) in [5.41, 5.74) is 3.23. The molecule has 0 aliphatic rings. The second-order valence-electron chi connectivity index (χ2n) is 7.89. The van der Waals surface area contributed by atoms with Crippen molar-refractivity contribution in [1.82, 2.24) is 29.3 Å². The number of ether oxygens (including phenoxy) is 1. The molecule has 0 spiro atoms. The zero-order chi connectivity index (χ0) is 25.3. The Bertz CT molecular complexity index is 1570. The second-order valence-corrected chi connectivity index (χ2v) is 7.89. The molecule has 2 aromatic carbocycles. The highest BCUT2D eigenvalue weighted by Gasteiger charge is 2.29. The largest absolute Gasteiger partial charge is 0.468 e. The van der Waals surface area contributed by atoms with E-state index in [-0.39, 0.29) is 17.0 Å². The molecule has 11 heteroatoms. The summed E-state index contributed by atoms with van der Waals surface area (Å²) >= 11 is 0. The SMILES string of the molecule is Cc1cc(-n2nccc2OCC(F)(F)F)ccc1-n1ccc(=O)c(-c2ccnn2-c2ccccc2)n1. The summed E-state index contributed by atoms with van der Waals surface area (Å²) in [7, 11) is 0. The summed E-state index contributed by atoms with van der Waals surface area (Å²) in [6.07, 6.45) is 0.0606. The van der Waals surface area contributed by atoms with Crippen LogP contribution >= 0.6 is 0 Å². The van der Waals surface area contributed by atoms with E-state index < -0.39 is 12.8 Å². The van der Waals surface area contributed by atoms with Gasteiger partial charge in [0.2, 0.25) is 11.3 Å². The summed E-state index contributed by atoms with van der Waals surface area (Å²) in [6.45, 7) is 0.408. The van der Waals surface area contributed by atoms with Crippen molar-refractivity contribution < 1.29 is 17.9 Å². The van der Waals surface area contributed by atoms with Gasteiger partial charge in [0.1, 0.15) is 0 Å². The molecular weight excluding hydrogens is 473 g/mol. The van der Waals surface area contributed by atoms with Crippen molar-refractivity contribution in [2.75, 3.05) is 6.61 Å². The number of halogens is 3. The molecule has 0 radical (unpaired) electrons. The summed E-state index contributed by atoms with van der Waals surface area (Å²) in [5.74, 6) is -0.0302. The van der Waals surface area contributed by atoms with Crippen molar-refractivity contribution in [2.24, 2.45) is 0 Å². The van der Waals surface area contributed by atoms with Crippen LogP contribution in [0.4, 0.5) is 13.2 Å². The Kier molecular flexibility index (Phi) is 5.88. The van der Waals surface area contributed by atoms with E-state index in [4.69, 9.17) is 4.74 Å². The summed E-state index contributed by atoms with van der Waals surface area (Å²) in [6, 6.07) is 19.1. The smallest absolute Gasteiger partial charge is 0.422 e. The van der Waals surface area contributed by atoms with E-state index in [9.17, 15) is 18.0 Å². The van der Waals surface area contributed by atoms with Gasteiger partial charge in [-0.1, -0.05) is 18.2 Å². The van der Waals surface area contributed by atoms with Crippen LogP contribution in [0.25, 0.3) is 28.5 Å². The fourth-order valence-corrected chi connectivity index (χ4v) is 3.76. The molecule has 5 rings (SSSR count). The van der Waals surface area contributed by atoms with Gasteiger partial charge in [-0.15, -0.1) is 0 Å². The van der Waals surface area contributed by atoms with Crippen molar-refractivity contribution in [3.8, 4) is 34.3 Å². The van der Waals surface area contributed by atoms with Crippen molar-refractivity contribution in [1.29, 1.82) is 0 Å². The van der Waals surface area contributed by atoms with Gasteiger partial charge in [0.15, 0.2) is 12.3 Å². The average molecular weight is 492 g/mol. The summed E-state index contributed by atoms with van der Waals surface area (Å²) in [4.78, 5) is 12.7. The topological polar surface area (TPSA) is 79.8 Å². The fourth-order valence-electron chi connectivity index (χ4n) is 3.76. The number of benzene rings is 2. The van der Waals surface area contributed by atoms with E-state index in [1.165, 1.54) is 23.0 Å². The number of aromatic nitrogens is 6. The lowest BCUT2D eigenvalue weighted by Crippen LogP contribution is -2.20. The highest BCUT2D eigenvalue weighted by atomic mass is 19.4. The Morgan fingerprint density at radius 2 is 1.64 bits per heavy atom. The normalized spacial score (nSPS) is 11.6. The predicted molar refractivity (Wildman–Crippen MR) is 126 cm³/mol. The van der Waals surface area contributed by atoms with E-state index in [1.54, 1.807) is 46.0 Å². The number of para-hydroxylation sites is 1. The Morgan fingerprint density at radius 1 is 0.889 bits per heavy atom. The molecule has 3 aromatic heterocycles. The van der Waals surface area contributed by atoms with E-state index >= 15 is 0 Å². The molecule has 0 amide bonds. The molecule has 0 saturated carbocycles. The number of hydrogen-bond donors (Lipinski definition) is 0. The Morgan fingerprint density at radius 3 is 2.39 bits per heavy atom. The molecule has 5 aromatic rings. The number of nitrogens with zero attached hydrogens (tertiary/aromatic N) is 6. The third-order valence-corrected chi connectivity index (χ3v) is 5.36. The number of hydrogen-bond acceptors (Lipinski definition) is 5. The van der Waals surface area contributed by atoms with E-state index in [1.807, 2.05) is 37.3 Å². The van der Waals surface area contributed by atoms with Gasteiger partial charge in [-0.05, 0) is 48.9 Å². The quantitative estimate of drug-likeness (QED) is 0.348. The molecular formula is C25H19F3N6O2. The van der Waals surface area contributed by atoms with Gasteiger partial charge in [-0.2, -0.15) is 28.5 Å². The van der Waals surface area contributed by atoms with Crippen LogP contribution in [0.5, 0.6) is 5.88 Å². The minimum Gasteiger partial charge on any atom is -0.468 e. The van der Waals surface area contributed by atoms with Crippen LogP contribution in [0, 0.1) is 6.92 Å². The van der Waals surface area contributed by atoms with Gasteiger partial charge >= 0.3 is 6.18 Å². The maximum Gasteiger partial charge on any atom is 0.422 e. The average Bonchev–Trinajstić information content (AvgIpc) is 3.53. The third-order valence-electron chi connectivity index (χ3n) is 5.36. The third kappa shape index (κ3) is 4.63. The van der Waals surface area contributed by atoms with Crippen molar-refractivity contribution >= 4 is 0 Å². The first-order valence-corrected chi connectivity index (χ1v) is 10.8. The zero-order valence-electron chi connectivity index (χ0n) is 18.9. The van der Waals surface area contributed by atoms with Crippen LogP contribution in [0.1, 0.15) is 5.56 Å². The number of rotatable bonds is 6. The van der Waals surface area contributed by atoms with Crippen LogP contribution in [-0.4, -0.2) is 42.1 Å². The zero-order valence-corrected chi connectivity index (χ0v) is 18.9. The van der Waals surface area contributed by atoms with Crippen molar-refractivity contribution in [2.45, 2.75) is 13.1 Å². The molecule has 0 aliphatic heterocycles. The van der Waals surface area contributed by atoms with E-state index in [2.05, 4.69) is 15.3 Å². The van der Waals surface area contributed by atoms with Crippen LogP contribution in [0.3, 0.4) is 0 Å². The van der Waals surface area contributed by atoms with Crippen molar-refractivity contribution in [3.05, 3.63) is 101 Å². The van der Waals surface area contributed by atoms with Gasteiger partial charge in [-0.25, -0.2) is 14.0 Å². The highest BCUT2D eigenvalue weighted by Crippen LogP contribution is 2.24. The first-order valence-electron chi connectivity index (χ1n) is 10.8. The van der Waals surface area contributed by atoms with Crippen LogP contribution in [-0.2, 0) is 0 Å². The number of aryl methyl sites for hydroxylation is 1. The minimum atomic E-state index is -4.46. The molecule has 0 atom stereocenters. The molecule has 0 fully saturated rings. The van der Waals surface area contributed by atoms with Crippen molar-refractivity contribution in [3.63, 3.8) is 0 Å². The molecule has 8 nitrogen and oxygen atoms in total. The molecule has 182 valence electrons. The van der Waals surface area contributed by atoms with Gasteiger partial charge in [0.05, 0.1) is 35.1 Å². The van der Waals surface area contributed by atoms with E-state index in [0.29, 0.717) is 17.1 Å². The first kappa shape index (κ1) is 23.1. The lowest BCUT2D eigenvalue weighted by atomic mass is 10.1. The van der Waals surface area contributed by atoms with Crippen LogP contribution in [0.2, 0.25) is 0 Å². The monoisotopic (exact) mass is 492 g/mol. The summed E-state index contributed by atoms with van der Waals surface area (Å²) < 4.78 is 47.1.